The standard InChI is InChI=1S/C24H28N4O5/c1-32-21-15-19(9-10-20(21)33-17-22(29)28-13-5-6-14-28)16-26-27-24(31)23(30)25-12-11-18-7-3-2-4-8-18/h2-4,7-10,15-16H,5-6,11-14,17H2,1H3,(H,25,30)(H,27,31)/b26-16-. The maximum absolute atomic E-state index is 12.1. The van der Waals surface area contributed by atoms with E-state index in [0.717, 1.165) is 31.5 Å². The second kappa shape index (κ2) is 12.2. The third-order valence-electron chi connectivity index (χ3n) is 5.13. The predicted molar refractivity (Wildman–Crippen MR) is 123 cm³/mol. The first-order chi connectivity index (χ1) is 16.1. The number of amides is 3. The summed E-state index contributed by atoms with van der Waals surface area (Å²) in [5.74, 6) is -0.800. The fourth-order valence-electron chi connectivity index (χ4n) is 3.34. The van der Waals surface area contributed by atoms with E-state index in [9.17, 15) is 14.4 Å². The number of rotatable bonds is 9. The van der Waals surface area contributed by atoms with Crippen LogP contribution in [0.25, 0.3) is 0 Å². The Balaban J connectivity index is 1.45. The van der Waals surface area contributed by atoms with Gasteiger partial charge in [-0.25, -0.2) is 5.43 Å². The van der Waals surface area contributed by atoms with E-state index in [4.69, 9.17) is 9.47 Å². The van der Waals surface area contributed by atoms with Crippen molar-refractivity contribution >= 4 is 23.9 Å². The summed E-state index contributed by atoms with van der Waals surface area (Å²) in [6.45, 7) is 1.83. The lowest BCUT2D eigenvalue weighted by atomic mass is 10.1. The average molecular weight is 453 g/mol. The molecule has 1 fully saturated rings. The van der Waals surface area contributed by atoms with Crippen LogP contribution in [0.2, 0.25) is 0 Å². The molecule has 174 valence electrons. The first-order valence-corrected chi connectivity index (χ1v) is 10.8. The molecule has 33 heavy (non-hydrogen) atoms. The Bertz CT molecular complexity index is 988. The normalized spacial score (nSPS) is 13.1. The van der Waals surface area contributed by atoms with Crippen LogP contribution in [-0.4, -0.2) is 62.2 Å². The lowest BCUT2D eigenvalue weighted by Crippen LogP contribution is -2.38. The van der Waals surface area contributed by atoms with Gasteiger partial charge in [-0.1, -0.05) is 30.3 Å². The van der Waals surface area contributed by atoms with Crippen LogP contribution in [-0.2, 0) is 20.8 Å². The summed E-state index contributed by atoms with van der Waals surface area (Å²) in [5, 5.41) is 6.37. The monoisotopic (exact) mass is 452 g/mol. The minimum Gasteiger partial charge on any atom is -0.493 e. The second-order valence-electron chi connectivity index (χ2n) is 7.48. The zero-order chi connectivity index (χ0) is 23.5. The first kappa shape index (κ1) is 23.8. The number of benzene rings is 2. The van der Waals surface area contributed by atoms with Gasteiger partial charge in [0, 0.05) is 19.6 Å². The van der Waals surface area contributed by atoms with Gasteiger partial charge in [-0.15, -0.1) is 0 Å². The van der Waals surface area contributed by atoms with Crippen molar-refractivity contribution in [2.75, 3.05) is 33.4 Å². The van der Waals surface area contributed by atoms with Crippen molar-refractivity contribution < 1.29 is 23.9 Å². The summed E-state index contributed by atoms with van der Waals surface area (Å²) in [6.07, 6.45) is 4.06. The Morgan fingerprint density at radius 3 is 2.52 bits per heavy atom. The molecule has 2 N–H and O–H groups in total. The molecule has 0 saturated carbocycles. The summed E-state index contributed by atoms with van der Waals surface area (Å²) in [6, 6.07) is 14.7. The van der Waals surface area contributed by atoms with Gasteiger partial charge in [0.15, 0.2) is 18.1 Å². The zero-order valence-corrected chi connectivity index (χ0v) is 18.6. The predicted octanol–water partition coefficient (Wildman–Crippen LogP) is 1.51. The fraction of sp³-hybridized carbons (Fsp3) is 0.333. The summed E-state index contributed by atoms with van der Waals surface area (Å²) < 4.78 is 10.9. The number of hydrazone groups is 1. The van der Waals surface area contributed by atoms with Crippen molar-refractivity contribution in [3.05, 3.63) is 59.7 Å². The highest BCUT2D eigenvalue weighted by atomic mass is 16.5. The first-order valence-electron chi connectivity index (χ1n) is 10.8. The summed E-state index contributed by atoms with van der Waals surface area (Å²) >= 11 is 0. The van der Waals surface area contributed by atoms with E-state index < -0.39 is 11.8 Å². The number of carbonyl (C=O) groups is 3. The summed E-state index contributed by atoms with van der Waals surface area (Å²) in [4.78, 5) is 37.7. The number of ether oxygens (including phenoxy) is 2. The molecule has 3 rings (SSSR count). The largest absolute Gasteiger partial charge is 0.493 e. The van der Waals surface area contributed by atoms with Crippen LogP contribution in [0.1, 0.15) is 24.0 Å². The van der Waals surface area contributed by atoms with Crippen LogP contribution < -0.4 is 20.2 Å². The molecule has 1 heterocycles. The van der Waals surface area contributed by atoms with Crippen LogP contribution in [0, 0.1) is 0 Å². The van der Waals surface area contributed by atoms with Gasteiger partial charge in [0.2, 0.25) is 0 Å². The van der Waals surface area contributed by atoms with Gasteiger partial charge < -0.3 is 19.7 Å². The molecule has 0 bridgehead atoms. The lowest BCUT2D eigenvalue weighted by molar-refractivity contribution is -0.139. The minimum absolute atomic E-state index is 0.0510. The van der Waals surface area contributed by atoms with E-state index in [1.54, 1.807) is 23.1 Å². The Morgan fingerprint density at radius 1 is 1.03 bits per heavy atom. The molecule has 0 aliphatic carbocycles. The molecule has 0 spiro atoms. The minimum atomic E-state index is -0.855. The van der Waals surface area contributed by atoms with Gasteiger partial charge in [-0.05, 0) is 48.6 Å². The van der Waals surface area contributed by atoms with Gasteiger partial charge in [-0.3, -0.25) is 14.4 Å². The number of likely N-dealkylation sites (tertiary alicyclic amines) is 1. The van der Waals surface area contributed by atoms with E-state index in [2.05, 4.69) is 15.8 Å². The molecule has 1 aliphatic rings. The average Bonchev–Trinajstić information content (AvgIpc) is 3.38. The van der Waals surface area contributed by atoms with Crippen molar-refractivity contribution in [1.29, 1.82) is 0 Å². The van der Waals surface area contributed by atoms with Crippen LogP contribution in [0.3, 0.4) is 0 Å². The van der Waals surface area contributed by atoms with Crippen molar-refractivity contribution in [2.24, 2.45) is 5.10 Å². The van der Waals surface area contributed by atoms with E-state index in [0.29, 0.717) is 30.0 Å². The third-order valence-corrected chi connectivity index (χ3v) is 5.13. The van der Waals surface area contributed by atoms with Crippen molar-refractivity contribution in [2.45, 2.75) is 19.3 Å². The van der Waals surface area contributed by atoms with Crippen LogP contribution in [0.5, 0.6) is 11.5 Å². The third kappa shape index (κ3) is 7.34. The van der Waals surface area contributed by atoms with Crippen molar-refractivity contribution in [1.82, 2.24) is 15.6 Å². The molecule has 3 amide bonds. The molecule has 0 unspecified atom stereocenters. The Kier molecular flexibility index (Phi) is 8.81. The van der Waals surface area contributed by atoms with Crippen molar-refractivity contribution in [3.63, 3.8) is 0 Å². The smallest absolute Gasteiger partial charge is 0.329 e. The number of nitrogens with one attached hydrogen (secondary N) is 2. The molecule has 9 nitrogen and oxygen atoms in total. The van der Waals surface area contributed by atoms with Gasteiger partial charge in [-0.2, -0.15) is 5.10 Å². The van der Waals surface area contributed by atoms with E-state index >= 15 is 0 Å². The van der Waals surface area contributed by atoms with Gasteiger partial charge in [0.1, 0.15) is 0 Å². The van der Waals surface area contributed by atoms with Gasteiger partial charge >= 0.3 is 11.8 Å². The van der Waals surface area contributed by atoms with E-state index in [1.165, 1.54) is 13.3 Å². The highest BCUT2D eigenvalue weighted by molar-refractivity contribution is 6.35. The number of methoxy groups -OCH3 is 1. The quantitative estimate of drug-likeness (QED) is 0.341. The SMILES string of the molecule is COc1cc(/C=N\NC(=O)C(=O)NCCc2ccccc2)ccc1OCC(=O)N1CCCC1. The van der Waals surface area contributed by atoms with Gasteiger partial charge in [0.05, 0.1) is 13.3 Å². The molecule has 2 aromatic carbocycles. The highest BCUT2D eigenvalue weighted by Gasteiger charge is 2.19. The maximum Gasteiger partial charge on any atom is 0.329 e. The number of carbonyl (C=O) groups excluding carboxylic acids is 3. The van der Waals surface area contributed by atoms with Gasteiger partial charge in [0.25, 0.3) is 5.91 Å². The molecule has 9 heteroatoms. The van der Waals surface area contributed by atoms with Crippen LogP contribution >= 0.6 is 0 Å². The molecule has 0 atom stereocenters. The number of nitrogens with zero attached hydrogens (tertiary/aromatic N) is 2. The molecule has 0 radical (unpaired) electrons. The topological polar surface area (TPSA) is 109 Å². The number of hydrogen-bond acceptors (Lipinski definition) is 6. The highest BCUT2D eigenvalue weighted by Crippen LogP contribution is 2.27. The summed E-state index contributed by atoms with van der Waals surface area (Å²) in [7, 11) is 1.49. The van der Waals surface area contributed by atoms with E-state index in [-0.39, 0.29) is 12.5 Å². The second-order valence-corrected chi connectivity index (χ2v) is 7.48. The van der Waals surface area contributed by atoms with Crippen LogP contribution in [0.15, 0.2) is 53.6 Å². The van der Waals surface area contributed by atoms with E-state index in [1.807, 2.05) is 30.3 Å². The molecular formula is C24H28N4O5. The summed E-state index contributed by atoms with van der Waals surface area (Å²) in [5.41, 5.74) is 3.89. The molecule has 2 aromatic rings. The Labute approximate surface area is 192 Å². The fourth-order valence-corrected chi connectivity index (χ4v) is 3.34. The maximum atomic E-state index is 12.1. The lowest BCUT2D eigenvalue weighted by Gasteiger charge is -2.16. The Morgan fingerprint density at radius 2 is 1.79 bits per heavy atom. The molecular weight excluding hydrogens is 424 g/mol. The van der Waals surface area contributed by atoms with Crippen molar-refractivity contribution in [3.8, 4) is 11.5 Å². The molecule has 1 saturated heterocycles. The number of hydrogen-bond donors (Lipinski definition) is 2. The van der Waals surface area contributed by atoms with Crippen LogP contribution in [0.4, 0.5) is 0 Å². The Hall–Kier alpha value is -3.88. The molecule has 1 aliphatic heterocycles. The molecule has 0 aromatic heterocycles. The zero-order valence-electron chi connectivity index (χ0n) is 18.6.